The molecule has 2 nitrogen and oxygen atoms in total. The van der Waals surface area contributed by atoms with E-state index in [1.807, 2.05) is 12.1 Å². The van der Waals surface area contributed by atoms with Gasteiger partial charge in [0.1, 0.15) is 0 Å². The number of rotatable bonds is 3. The molecule has 0 amide bonds. The topological polar surface area (TPSA) is 37.3 Å². The summed E-state index contributed by atoms with van der Waals surface area (Å²) in [6.45, 7) is 0. The lowest BCUT2D eigenvalue weighted by molar-refractivity contribution is -0.131. The van der Waals surface area contributed by atoms with Gasteiger partial charge < -0.3 is 5.11 Å². The Bertz CT molecular complexity index is 425. The number of aliphatic carboxylic acids is 1. The Morgan fingerprint density at radius 2 is 2.13 bits per heavy atom. The van der Waals surface area contributed by atoms with Crippen LogP contribution in [0, 0.1) is 0 Å². The Labute approximate surface area is 101 Å². The first kappa shape index (κ1) is 12.0. The van der Waals surface area contributed by atoms with Crippen molar-refractivity contribution in [3.8, 4) is 0 Å². The molecule has 0 bridgehead atoms. The van der Waals surface area contributed by atoms with Gasteiger partial charge in [0.15, 0.2) is 0 Å². The average Bonchev–Trinajstić information content (AvgIpc) is 2.18. The van der Waals surface area contributed by atoms with Crippen molar-refractivity contribution in [2.45, 2.75) is 0 Å². The number of carboxylic acids is 1. The van der Waals surface area contributed by atoms with Crippen LogP contribution >= 0.6 is 27.5 Å². The number of hydrogen-bond donors (Lipinski definition) is 1. The smallest absolute Gasteiger partial charge is 0.328 e. The van der Waals surface area contributed by atoms with Gasteiger partial charge in [0.05, 0.1) is 5.02 Å². The number of benzene rings is 1. The molecule has 0 saturated carbocycles. The molecular formula is C11H8BrClO2. The molecule has 0 aliphatic carbocycles. The van der Waals surface area contributed by atoms with Gasteiger partial charge in [0.25, 0.3) is 0 Å². The van der Waals surface area contributed by atoms with E-state index < -0.39 is 5.97 Å². The molecular weight excluding hydrogens is 279 g/mol. The molecule has 0 atom stereocenters. The fourth-order valence-electron chi connectivity index (χ4n) is 0.921. The second-order valence-corrected chi connectivity index (χ2v) is 3.99. The lowest BCUT2D eigenvalue weighted by Crippen LogP contribution is -1.84. The third kappa shape index (κ3) is 4.32. The van der Waals surface area contributed by atoms with Crippen LogP contribution in [0.4, 0.5) is 0 Å². The number of carboxylic acid groups (broad SMARTS) is 1. The summed E-state index contributed by atoms with van der Waals surface area (Å²) in [4.78, 5) is 10.2. The van der Waals surface area contributed by atoms with Crippen LogP contribution in [0.15, 0.2) is 40.9 Å². The second-order valence-electron chi connectivity index (χ2n) is 2.73. The van der Waals surface area contributed by atoms with Crippen molar-refractivity contribution in [1.29, 1.82) is 0 Å². The van der Waals surface area contributed by atoms with Crippen LogP contribution in [0.25, 0.3) is 6.08 Å². The standard InChI is InChI=1S/C11H8BrClO2/c12-9-6-5-8(7-10(9)13)3-1-2-4-11(14)15/h1-7H,(H,14,15)/b3-1+,4-2+. The molecule has 0 saturated heterocycles. The Morgan fingerprint density at radius 1 is 1.40 bits per heavy atom. The van der Waals surface area contributed by atoms with Gasteiger partial charge in [-0.05, 0) is 33.6 Å². The van der Waals surface area contributed by atoms with Gasteiger partial charge >= 0.3 is 5.97 Å². The van der Waals surface area contributed by atoms with Crippen molar-refractivity contribution < 1.29 is 9.90 Å². The molecule has 0 aliphatic heterocycles. The quantitative estimate of drug-likeness (QED) is 0.679. The van der Waals surface area contributed by atoms with Crippen LogP contribution in [0.5, 0.6) is 0 Å². The summed E-state index contributed by atoms with van der Waals surface area (Å²) >= 11 is 9.17. The third-order valence-electron chi connectivity index (χ3n) is 1.58. The van der Waals surface area contributed by atoms with E-state index in [0.717, 1.165) is 16.1 Å². The van der Waals surface area contributed by atoms with E-state index in [-0.39, 0.29) is 0 Å². The highest BCUT2D eigenvalue weighted by Crippen LogP contribution is 2.23. The number of carbonyl (C=O) groups is 1. The van der Waals surface area contributed by atoms with E-state index in [0.29, 0.717) is 5.02 Å². The highest BCUT2D eigenvalue weighted by atomic mass is 79.9. The monoisotopic (exact) mass is 286 g/mol. The fraction of sp³-hybridized carbons (Fsp3) is 0. The molecule has 1 aromatic carbocycles. The van der Waals surface area contributed by atoms with E-state index in [2.05, 4.69) is 15.9 Å². The van der Waals surface area contributed by atoms with Gasteiger partial charge in [-0.25, -0.2) is 4.79 Å². The molecule has 0 aliphatic rings. The lowest BCUT2D eigenvalue weighted by atomic mass is 10.2. The van der Waals surface area contributed by atoms with Crippen molar-refractivity contribution >= 4 is 39.6 Å². The molecule has 0 aromatic heterocycles. The number of hydrogen-bond acceptors (Lipinski definition) is 1. The Hall–Kier alpha value is -1.06. The molecule has 0 radical (unpaired) electrons. The van der Waals surface area contributed by atoms with Gasteiger partial charge in [-0.1, -0.05) is 35.9 Å². The molecule has 0 fully saturated rings. The van der Waals surface area contributed by atoms with E-state index in [1.165, 1.54) is 6.08 Å². The predicted octanol–water partition coefficient (Wildman–Crippen LogP) is 3.76. The van der Waals surface area contributed by atoms with Gasteiger partial charge in [-0.15, -0.1) is 0 Å². The first-order chi connectivity index (χ1) is 7.09. The van der Waals surface area contributed by atoms with Crippen LogP contribution in [0.2, 0.25) is 5.02 Å². The highest BCUT2D eigenvalue weighted by molar-refractivity contribution is 9.10. The lowest BCUT2D eigenvalue weighted by Gasteiger charge is -1.96. The Balaban J connectivity index is 2.73. The molecule has 0 spiro atoms. The zero-order valence-corrected chi connectivity index (χ0v) is 9.99. The Morgan fingerprint density at radius 3 is 2.73 bits per heavy atom. The summed E-state index contributed by atoms with van der Waals surface area (Å²) in [6.07, 6.45) is 5.95. The van der Waals surface area contributed by atoms with Crippen LogP contribution in [0.1, 0.15) is 5.56 Å². The van der Waals surface area contributed by atoms with Crippen molar-refractivity contribution in [2.75, 3.05) is 0 Å². The molecule has 1 N–H and O–H groups in total. The van der Waals surface area contributed by atoms with Crippen LogP contribution < -0.4 is 0 Å². The van der Waals surface area contributed by atoms with Crippen LogP contribution in [-0.4, -0.2) is 11.1 Å². The summed E-state index contributed by atoms with van der Waals surface area (Å²) in [5.41, 5.74) is 0.915. The SMILES string of the molecule is O=C(O)/C=C/C=C/c1ccc(Br)c(Cl)c1. The summed E-state index contributed by atoms with van der Waals surface area (Å²) in [5.74, 6) is -0.964. The molecule has 78 valence electrons. The summed E-state index contributed by atoms with van der Waals surface area (Å²) < 4.78 is 0.836. The van der Waals surface area contributed by atoms with Crippen molar-refractivity contribution in [1.82, 2.24) is 0 Å². The highest BCUT2D eigenvalue weighted by Gasteiger charge is 1.95. The molecule has 4 heteroatoms. The molecule has 0 unspecified atom stereocenters. The maximum atomic E-state index is 10.2. The second kappa shape index (κ2) is 5.73. The van der Waals surface area contributed by atoms with Crippen LogP contribution in [-0.2, 0) is 4.79 Å². The number of halogens is 2. The Kier molecular flexibility index (Phi) is 4.59. The summed E-state index contributed by atoms with van der Waals surface area (Å²) in [5, 5.41) is 8.97. The van der Waals surface area contributed by atoms with Gasteiger partial charge in [-0.3, -0.25) is 0 Å². The van der Waals surface area contributed by atoms with Gasteiger partial charge in [0, 0.05) is 10.5 Å². The zero-order valence-electron chi connectivity index (χ0n) is 7.65. The minimum atomic E-state index is -0.964. The molecule has 1 rings (SSSR count). The fourth-order valence-corrected chi connectivity index (χ4v) is 1.36. The van der Waals surface area contributed by atoms with E-state index in [9.17, 15) is 4.79 Å². The van der Waals surface area contributed by atoms with Gasteiger partial charge in [-0.2, -0.15) is 0 Å². The van der Waals surface area contributed by atoms with Crippen LogP contribution in [0.3, 0.4) is 0 Å². The van der Waals surface area contributed by atoms with Crippen molar-refractivity contribution in [3.63, 3.8) is 0 Å². The van der Waals surface area contributed by atoms with E-state index >= 15 is 0 Å². The van der Waals surface area contributed by atoms with Gasteiger partial charge in [0.2, 0.25) is 0 Å². The maximum absolute atomic E-state index is 10.2. The van der Waals surface area contributed by atoms with Crippen molar-refractivity contribution in [2.24, 2.45) is 0 Å². The largest absolute Gasteiger partial charge is 0.478 e. The first-order valence-electron chi connectivity index (χ1n) is 4.12. The minimum Gasteiger partial charge on any atom is -0.478 e. The summed E-state index contributed by atoms with van der Waals surface area (Å²) in [6, 6.07) is 5.50. The predicted molar refractivity (Wildman–Crippen MR) is 65.0 cm³/mol. The minimum absolute atomic E-state index is 0.624. The molecule has 1 aromatic rings. The van der Waals surface area contributed by atoms with E-state index in [4.69, 9.17) is 16.7 Å². The van der Waals surface area contributed by atoms with E-state index in [1.54, 1.807) is 18.2 Å². The molecule has 0 heterocycles. The third-order valence-corrected chi connectivity index (χ3v) is 2.81. The molecule has 15 heavy (non-hydrogen) atoms. The first-order valence-corrected chi connectivity index (χ1v) is 5.29. The van der Waals surface area contributed by atoms with Crippen molar-refractivity contribution in [3.05, 3.63) is 51.5 Å². The average molecular weight is 288 g/mol. The zero-order chi connectivity index (χ0) is 11.3. The number of allylic oxidation sites excluding steroid dienone is 2. The maximum Gasteiger partial charge on any atom is 0.328 e. The normalized spacial score (nSPS) is 11.3. The summed E-state index contributed by atoms with van der Waals surface area (Å²) in [7, 11) is 0.